The molecule has 1 aromatic heterocycles. The predicted molar refractivity (Wildman–Crippen MR) is 154 cm³/mol. The molecule has 0 radical (unpaired) electrons. The van der Waals surface area contributed by atoms with Gasteiger partial charge < -0.3 is 16.2 Å². The highest BCUT2D eigenvalue weighted by Crippen LogP contribution is 2.47. The van der Waals surface area contributed by atoms with E-state index in [0.29, 0.717) is 24.3 Å². The molecule has 7 rings (SSSR count). The maximum absolute atomic E-state index is 13.6. The Morgan fingerprint density at radius 3 is 2.23 bits per heavy atom. The lowest BCUT2D eigenvalue weighted by molar-refractivity contribution is -0.0702. The number of pyridine rings is 1. The first-order valence-electron chi connectivity index (χ1n) is 15.2. The number of hydrogen-bond donors (Lipinski definition) is 3. The quantitative estimate of drug-likeness (QED) is 0.404. The Bertz CT molecular complexity index is 1170. The number of hydrogen-bond acceptors (Lipinski definition) is 5. The van der Waals surface area contributed by atoms with Crippen LogP contribution in [0, 0.1) is 0 Å². The van der Waals surface area contributed by atoms with Crippen molar-refractivity contribution in [3.8, 4) is 11.1 Å². The standard InChI is InChI=1S/C30H38F2N4O2.C2H6/c31-30(32)8-5-24(6-9-30)36-16-7-22(19-36)20-1-3-21(4-2-20)23-17-25(26(33)34-18-23)27(37)35-28-10-13-29(38,14-11-28)15-12-28;1-2/h1-4,17-18,22,24,38H,5-16,19H2,(H2,33,34)(H,35,37);1-2H3. The number of benzene rings is 1. The molecule has 40 heavy (non-hydrogen) atoms. The van der Waals surface area contributed by atoms with E-state index in [9.17, 15) is 18.7 Å². The minimum Gasteiger partial charge on any atom is -0.390 e. The minimum atomic E-state index is -2.48. The van der Waals surface area contributed by atoms with Crippen LogP contribution in [-0.4, -0.2) is 57.1 Å². The van der Waals surface area contributed by atoms with Crippen LogP contribution in [-0.2, 0) is 0 Å². The lowest BCUT2D eigenvalue weighted by atomic mass is 9.63. The lowest BCUT2D eigenvalue weighted by Crippen LogP contribution is -2.58. The second-order valence-corrected chi connectivity index (χ2v) is 12.3. The van der Waals surface area contributed by atoms with Gasteiger partial charge in [-0.05, 0) is 87.4 Å². The second kappa shape index (κ2) is 11.4. The number of halogens is 2. The number of nitrogens with two attached hydrogens (primary N) is 1. The van der Waals surface area contributed by atoms with Crippen LogP contribution >= 0.6 is 0 Å². The van der Waals surface area contributed by atoms with Gasteiger partial charge in [0, 0.05) is 42.7 Å². The molecule has 218 valence electrons. The Hall–Kier alpha value is -2.58. The highest BCUT2D eigenvalue weighted by molar-refractivity contribution is 5.99. The van der Waals surface area contributed by atoms with E-state index in [-0.39, 0.29) is 36.1 Å². The molecule has 4 N–H and O–H groups in total. The molecule has 1 unspecified atom stereocenters. The van der Waals surface area contributed by atoms with Gasteiger partial charge in [-0.2, -0.15) is 0 Å². The normalized spacial score (nSPS) is 30.0. The summed E-state index contributed by atoms with van der Waals surface area (Å²) in [6.45, 7) is 5.88. The number of aromatic nitrogens is 1. The molecule has 1 amide bonds. The molecule has 1 atom stereocenters. The Morgan fingerprint density at radius 2 is 1.60 bits per heavy atom. The number of amides is 1. The van der Waals surface area contributed by atoms with Crippen molar-refractivity contribution in [2.45, 2.75) is 113 Å². The zero-order valence-corrected chi connectivity index (χ0v) is 23.9. The summed E-state index contributed by atoms with van der Waals surface area (Å²) in [6.07, 6.45) is 8.47. The largest absolute Gasteiger partial charge is 0.390 e. The molecule has 4 saturated carbocycles. The van der Waals surface area contributed by atoms with Crippen LogP contribution in [0.15, 0.2) is 36.5 Å². The van der Waals surface area contributed by atoms with E-state index >= 15 is 0 Å². The number of rotatable bonds is 5. The predicted octanol–water partition coefficient (Wildman–Crippen LogP) is 6.29. The number of carbonyl (C=O) groups is 1. The molecule has 8 heteroatoms. The van der Waals surface area contributed by atoms with E-state index in [1.807, 2.05) is 19.9 Å². The summed E-state index contributed by atoms with van der Waals surface area (Å²) in [5.74, 6) is -2.07. The van der Waals surface area contributed by atoms with Gasteiger partial charge in [-0.3, -0.25) is 9.69 Å². The maximum Gasteiger partial charge on any atom is 0.255 e. The summed E-state index contributed by atoms with van der Waals surface area (Å²) in [7, 11) is 0. The van der Waals surface area contributed by atoms with Crippen molar-refractivity contribution in [3.05, 3.63) is 47.7 Å². The molecule has 1 saturated heterocycles. The SMILES string of the molecule is CC.Nc1ncc(-c2ccc(C3CCN(C4CCC(F)(F)CC4)C3)cc2)cc1C(=O)NC12CCC(O)(CC1)CC2. The Kier molecular flexibility index (Phi) is 8.22. The van der Waals surface area contributed by atoms with Gasteiger partial charge in [0.2, 0.25) is 5.92 Å². The molecule has 1 aliphatic heterocycles. The number of fused-ring (bicyclic) bond motifs is 3. The maximum atomic E-state index is 13.6. The van der Waals surface area contributed by atoms with Crippen LogP contribution in [0.1, 0.15) is 106 Å². The van der Waals surface area contributed by atoms with Crippen molar-refractivity contribution in [1.29, 1.82) is 0 Å². The van der Waals surface area contributed by atoms with Crippen LogP contribution < -0.4 is 11.1 Å². The molecule has 2 bridgehead atoms. The van der Waals surface area contributed by atoms with Gasteiger partial charge in [-0.25, -0.2) is 13.8 Å². The van der Waals surface area contributed by atoms with Crippen LogP contribution in [0.3, 0.4) is 0 Å². The highest BCUT2D eigenvalue weighted by atomic mass is 19.3. The first-order valence-corrected chi connectivity index (χ1v) is 15.2. The fourth-order valence-corrected chi connectivity index (χ4v) is 7.21. The monoisotopic (exact) mass is 554 g/mol. The number of carbonyl (C=O) groups excluding carboxylic acids is 1. The third-order valence-corrected chi connectivity index (χ3v) is 9.89. The third-order valence-electron chi connectivity index (χ3n) is 9.89. The highest BCUT2D eigenvalue weighted by Gasteiger charge is 2.48. The summed E-state index contributed by atoms with van der Waals surface area (Å²) >= 11 is 0. The summed E-state index contributed by atoms with van der Waals surface area (Å²) in [6, 6.07) is 10.5. The third kappa shape index (κ3) is 6.03. The molecular formula is C32H44F2N4O2. The zero-order chi connectivity index (χ0) is 28.5. The topological polar surface area (TPSA) is 91.5 Å². The number of nitrogens with one attached hydrogen (secondary N) is 1. The lowest BCUT2D eigenvalue weighted by Gasteiger charge is -2.51. The Morgan fingerprint density at radius 1 is 0.975 bits per heavy atom. The fourth-order valence-electron chi connectivity index (χ4n) is 7.21. The summed E-state index contributed by atoms with van der Waals surface area (Å²) in [4.78, 5) is 20.0. The summed E-state index contributed by atoms with van der Waals surface area (Å²) < 4.78 is 27.1. The molecule has 6 nitrogen and oxygen atoms in total. The van der Waals surface area contributed by atoms with E-state index < -0.39 is 11.5 Å². The van der Waals surface area contributed by atoms with Crippen molar-refractivity contribution in [3.63, 3.8) is 0 Å². The van der Waals surface area contributed by atoms with Crippen LogP contribution in [0.4, 0.5) is 14.6 Å². The second-order valence-electron chi connectivity index (χ2n) is 12.3. The van der Waals surface area contributed by atoms with Crippen molar-refractivity contribution in [2.24, 2.45) is 0 Å². The molecule has 2 heterocycles. The molecule has 1 aromatic carbocycles. The smallest absolute Gasteiger partial charge is 0.255 e. The number of nitrogen functional groups attached to an aromatic ring is 1. The van der Waals surface area contributed by atoms with Crippen molar-refractivity contribution < 1.29 is 18.7 Å². The number of alkyl halides is 2. The summed E-state index contributed by atoms with van der Waals surface area (Å²) in [5, 5.41) is 13.7. The van der Waals surface area contributed by atoms with E-state index in [1.54, 1.807) is 6.20 Å². The molecule has 0 spiro atoms. The van der Waals surface area contributed by atoms with Crippen LogP contribution in [0.5, 0.6) is 0 Å². The zero-order valence-electron chi connectivity index (χ0n) is 23.9. The van der Waals surface area contributed by atoms with Crippen LogP contribution in [0.2, 0.25) is 0 Å². The average molecular weight is 555 g/mol. The molecule has 2 aromatic rings. The average Bonchev–Trinajstić information content (AvgIpc) is 3.46. The Labute approximate surface area is 236 Å². The van der Waals surface area contributed by atoms with Gasteiger partial charge in [-0.15, -0.1) is 0 Å². The summed E-state index contributed by atoms with van der Waals surface area (Å²) in [5.41, 5.74) is 8.76. The van der Waals surface area contributed by atoms with Crippen LogP contribution in [0.25, 0.3) is 11.1 Å². The van der Waals surface area contributed by atoms with E-state index in [2.05, 4.69) is 39.5 Å². The number of aliphatic hydroxyl groups is 1. The molecular weight excluding hydrogens is 510 g/mol. The van der Waals surface area contributed by atoms with Gasteiger partial charge in [-0.1, -0.05) is 38.1 Å². The number of likely N-dealkylation sites (tertiary alicyclic amines) is 1. The minimum absolute atomic E-state index is 0.00745. The van der Waals surface area contributed by atoms with Gasteiger partial charge in [0.15, 0.2) is 0 Å². The van der Waals surface area contributed by atoms with Gasteiger partial charge in [0.05, 0.1) is 11.2 Å². The number of nitrogens with zero attached hydrogens (tertiary/aromatic N) is 2. The van der Waals surface area contributed by atoms with Gasteiger partial charge in [0.1, 0.15) is 5.82 Å². The van der Waals surface area contributed by atoms with Gasteiger partial charge >= 0.3 is 0 Å². The van der Waals surface area contributed by atoms with Crippen molar-refractivity contribution in [2.75, 3.05) is 18.8 Å². The molecule has 5 fully saturated rings. The van der Waals surface area contributed by atoms with Crippen molar-refractivity contribution in [1.82, 2.24) is 15.2 Å². The van der Waals surface area contributed by atoms with Gasteiger partial charge in [0.25, 0.3) is 5.91 Å². The molecule has 4 aliphatic carbocycles. The van der Waals surface area contributed by atoms with E-state index in [1.165, 1.54) is 5.56 Å². The fraction of sp³-hybridized carbons (Fsp3) is 0.625. The molecule has 5 aliphatic rings. The Balaban J connectivity index is 0.00000158. The first kappa shape index (κ1) is 28.9. The van der Waals surface area contributed by atoms with E-state index in [4.69, 9.17) is 5.73 Å². The number of anilines is 1. The van der Waals surface area contributed by atoms with E-state index in [0.717, 1.165) is 69.2 Å². The first-order chi connectivity index (χ1) is 19.1. The van der Waals surface area contributed by atoms with Crippen molar-refractivity contribution >= 4 is 11.7 Å².